The molecule has 0 aromatic carbocycles. The van der Waals surface area contributed by atoms with E-state index in [-0.39, 0.29) is 23.7 Å². The summed E-state index contributed by atoms with van der Waals surface area (Å²) in [5.41, 5.74) is 0.182. The normalized spacial score (nSPS) is 35.7. The van der Waals surface area contributed by atoms with Crippen LogP contribution in [-0.2, 0) is 4.74 Å². The third-order valence-corrected chi connectivity index (χ3v) is 1.85. The monoisotopic (exact) mass is 144 g/mol. The highest BCUT2D eigenvalue weighted by atomic mass is 16.6. The molecule has 0 amide bonds. The van der Waals surface area contributed by atoms with Gasteiger partial charge in [-0.2, -0.15) is 0 Å². The Morgan fingerprint density at radius 3 is 2.00 bits per heavy atom. The van der Waals surface area contributed by atoms with Crippen molar-refractivity contribution >= 4 is 0 Å². The van der Waals surface area contributed by atoms with Crippen molar-refractivity contribution < 1.29 is 9.84 Å². The molecule has 1 heterocycles. The van der Waals surface area contributed by atoms with Crippen molar-refractivity contribution in [3.05, 3.63) is 0 Å². The zero-order valence-electron chi connectivity index (χ0n) is 7.09. The lowest BCUT2D eigenvalue weighted by atomic mass is 9.89. The average Bonchev–Trinajstić information content (AvgIpc) is 2.35. The van der Waals surface area contributed by atoms with Gasteiger partial charge < -0.3 is 9.84 Å². The van der Waals surface area contributed by atoms with Crippen LogP contribution in [0.3, 0.4) is 0 Å². The van der Waals surface area contributed by atoms with E-state index in [2.05, 4.69) is 20.8 Å². The van der Waals surface area contributed by atoms with Crippen LogP contribution in [0.1, 0.15) is 27.7 Å². The lowest BCUT2D eigenvalue weighted by molar-refractivity contribution is 0.152. The lowest BCUT2D eigenvalue weighted by Gasteiger charge is -2.14. The van der Waals surface area contributed by atoms with Crippen LogP contribution < -0.4 is 0 Å². The number of ether oxygens (including phenoxy) is 1. The van der Waals surface area contributed by atoms with Gasteiger partial charge in [-0.3, -0.25) is 0 Å². The van der Waals surface area contributed by atoms with E-state index in [9.17, 15) is 0 Å². The van der Waals surface area contributed by atoms with Gasteiger partial charge in [0.1, 0.15) is 6.10 Å². The van der Waals surface area contributed by atoms with Crippen molar-refractivity contribution in [3.63, 3.8) is 0 Å². The third-order valence-electron chi connectivity index (χ3n) is 1.85. The molecular weight excluding hydrogens is 128 g/mol. The third kappa shape index (κ3) is 1.50. The Balaban J connectivity index is 2.39. The predicted molar refractivity (Wildman–Crippen MR) is 39.8 cm³/mol. The number of hydrogen-bond donors (Lipinski definition) is 1. The van der Waals surface area contributed by atoms with Crippen LogP contribution in [0.15, 0.2) is 0 Å². The molecule has 0 unspecified atom stereocenters. The quantitative estimate of drug-likeness (QED) is 0.560. The first-order chi connectivity index (χ1) is 4.43. The molecule has 1 aliphatic rings. The molecule has 0 bridgehead atoms. The first-order valence-corrected chi connectivity index (χ1v) is 3.76. The molecule has 0 saturated carbocycles. The highest BCUT2D eigenvalue weighted by molar-refractivity contribution is 4.96. The molecule has 1 N–H and O–H groups in total. The Hall–Kier alpha value is -0.0800. The maximum Gasteiger partial charge on any atom is 0.110 e. The summed E-state index contributed by atoms with van der Waals surface area (Å²) in [7, 11) is 0. The Morgan fingerprint density at radius 2 is 1.90 bits per heavy atom. The van der Waals surface area contributed by atoms with Gasteiger partial charge in [-0.1, -0.05) is 20.8 Å². The number of epoxide rings is 1. The van der Waals surface area contributed by atoms with E-state index in [4.69, 9.17) is 9.84 Å². The fourth-order valence-corrected chi connectivity index (χ4v) is 1.19. The fourth-order valence-electron chi connectivity index (χ4n) is 1.19. The highest BCUT2D eigenvalue weighted by Gasteiger charge is 2.49. The lowest BCUT2D eigenvalue weighted by Crippen LogP contribution is -2.21. The van der Waals surface area contributed by atoms with Gasteiger partial charge >= 0.3 is 0 Å². The van der Waals surface area contributed by atoms with Crippen LogP contribution in [-0.4, -0.2) is 23.4 Å². The minimum atomic E-state index is -0.316. The molecule has 10 heavy (non-hydrogen) atoms. The molecule has 0 aromatic rings. The number of hydrogen-bond acceptors (Lipinski definition) is 2. The molecule has 0 aromatic heterocycles. The molecule has 1 rings (SSSR count). The second-order valence-electron chi connectivity index (χ2n) is 4.13. The second kappa shape index (κ2) is 2.21. The molecule has 3 atom stereocenters. The summed E-state index contributed by atoms with van der Waals surface area (Å²) in [5, 5.41) is 9.10. The topological polar surface area (TPSA) is 32.8 Å². The Kier molecular flexibility index (Phi) is 1.77. The van der Waals surface area contributed by atoms with Gasteiger partial charge in [0, 0.05) is 0 Å². The van der Waals surface area contributed by atoms with E-state index < -0.39 is 0 Å². The largest absolute Gasteiger partial charge is 0.391 e. The summed E-state index contributed by atoms with van der Waals surface area (Å²) in [6.45, 7) is 8.15. The van der Waals surface area contributed by atoms with Crippen molar-refractivity contribution in [1.29, 1.82) is 0 Å². The average molecular weight is 144 g/mol. The Labute approximate surface area is 62.2 Å². The Bertz CT molecular complexity index is 124. The maximum absolute atomic E-state index is 9.10. The van der Waals surface area contributed by atoms with Crippen molar-refractivity contribution in [2.24, 2.45) is 5.41 Å². The van der Waals surface area contributed by atoms with E-state index in [1.54, 1.807) is 6.92 Å². The summed E-state index contributed by atoms with van der Waals surface area (Å²) in [6.07, 6.45) is 0.0247. The van der Waals surface area contributed by atoms with E-state index in [1.165, 1.54) is 0 Å². The van der Waals surface area contributed by atoms with Crippen LogP contribution in [0.25, 0.3) is 0 Å². The molecule has 0 radical (unpaired) electrons. The van der Waals surface area contributed by atoms with Crippen LogP contribution in [0.5, 0.6) is 0 Å². The summed E-state index contributed by atoms with van der Waals surface area (Å²) < 4.78 is 5.29. The van der Waals surface area contributed by atoms with E-state index in [0.29, 0.717) is 0 Å². The zero-order chi connectivity index (χ0) is 7.94. The second-order valence-corrected chi connectivity index (χ2v) is 4.13. The number of aliphatic hydroxyl groups is 1. The van der Waals surface area contributed by atoms with Gasteiger partial charge in [-0.15, -0.1) is 0 Å². The highest BCUT2D eigenvalue weighted by Crippen LogP contribution is 2.39. The van der Waals surface area contributed by atoms with Crippen LogP contribution in [0, 0.1) is 5.41 Å². The summed E-state index contributed by atoms with van der Waals surface area (Å²) >= 11 is 0. The SMILES string of the molecule is C[C@H](O)[C@@H]1O[C@@H]1C(C)(C)C. The summed E-state index contributed by atoms with van der Waals surface area (Å²) in [6, 6.07) is 0. The smallest absolute Gasteiger partial charge is 0.110 e. The van der Waals surface area contributed by atoms with E-state index in [1.807, 2.05) is 0 Å². The predicted octanol–water partition coefficient (Wildman–Crippen LogP) is 1.18. The first-order valence-electron chi connectivity index (χ1n) is 3.76. The van der Waals surface area contributed by atoms with Crippen molar-refractivity contribution in [2.45, 2.75) is 46.0 Å². The molecule has 0 spiro atoms. The molecule has 60 valence electrons. The first kappa shape index (κ1) is 8.02. The van der Waals surface area contributed by atoms with Gasteiger partial charge in [-0.25, -0.2) is 0 Å². The van der Waals surface area contributed by atoms with Gasteiger partial charge in [0.2, 0.25) is 0 Å². The van der Waals surface area contributed by atoms with Crippen molar-refractivity contribution in [1.82, 2.24) is 0 Å². The molecule has 2 heteroatoms. The molecule has 1 fully saturated rings. The number of aliphatic hydroxyl groups excluding tert-OH is 1. The van der Waals surface area contributed by atoms with Crippen LogP contribution in [0.4, 0.5) is 0 Å². The summed E-state index contributed by atoms with van der Waals surface area (Å²) in [4.78, 5) is 0. The van der Waals surface area contributed by atoms with Crippen LogP contribution in [0.2, 0.25) is 0 Å². The molecule has 1 saturated heterocycles. The van der Waals surface area contributed by atoms with Crippen LogP contribution >= 0.6 is 0 Å². The minimum Gasteiger partial charge on any atom is -0.391 e. The molecule has 1 aliphatic heterocycles. The standard InChI is InChI=1S/C8H16O2/c1-5(9)6-7(10-6)8(2,3)4/h5-7,9H,1-4H3/t5-,6-,7-/m0/s1. The maximum atomic E-state index is 9.10. The molecular formula is C8H16O2. The molecule has 0 aliphatic carbocycles. The molecule has 2 nitrogen and oxygen atoms in total. The van der Waals surface area contributed by atoms with Crippen molar-refractivity contribution in [2.75, 3.05) is 0 Å². The number of rotatable bonds is 1. The fraction of sp³-hybridized carbons (Fsp3) is 1.00. The Morgan fingerprint density at radius 1 is 1.40 bits per heavy atom. The van der Waals surface area contributed by atoms with Gasteiger partial charge in [-0.05, 0) is 12.3 Å². The van der Waals surface area contributed by atoms with Gasteiger partial charge in [0.05, 0.1) is 12.2 Å². The van der Waals surface area contributed by atoms with Gasteiger partial charge in [0.25, 0.3) is 0 Å². The van der Waals surface area contributed by atoms with E-state index >= 15 is 0 Å². The van der Waals surface area contributed by atoms with Crippen molar-refractivity contribution in [3.8, 4) is 0 Å². The summed E-state index contributed by atoms with van der Waals surface area (Å²) in [5.74, 6) is 0. The van der Waals surface area contributed by atoms with Gasteiger partial charge in [0.15, 0.2) is 0 Å². The minimum absolute atomic E-state index is 0.0833. The van der Waals surface area contributed by atoms with E-state index in [0.717, 1.165) is 0 Å². The zero-order valence-corrected chi connectivity index (χ0v) is 7.09.